The number of aryl methyl sites for hydroxylation is 1. The molecular formula is C20H23ClN4O. The van der Waals surface area contributed by atoms with E-state index in [1.165, 1.54) is 0 Å². The fourth-order valence-corrected chi connectivity index (χ4v) is 4.06. The van der Waals surface area contributed by atoms with Gasteiger partial charge in [-0.2, -0.15) is 0 Å². The van der Waals surface area contributed by atoms with Gasteiger partial charge in [0.1, 0.15) is 23.8 Å². The Hall–Kier alpha value is -2.11. The molecule has 4 rings (SSSR count). The third kappa shape index (κ3) is 3.29. The second-order valence-electron chi connectivity index (χ2n) is 6.92. The summed E-state index contributed by atoms with van der Waals surface area (Å²) in [5.41, 5.74) is 8.84. The molecule has 26 heavy (non-hydrogen) atoms. The highest BCUT2D eigenvalue weighted by atomic mass is 35.5. The molecule has 1 aliphatic carbocycles. The summed E-state index contributed by atoms with van der Waals surface area (Å²) in [5.74, 6) is 0.904. The fourth-order valence-electron chi connectivity index (χ4n) is 3.86. The van der Waals surface area contributed by atoms with Crippen LogP contribution in [0.2, 0.25) is 5.02 Å². The van der Waals surface area contributed by atoms with E-state index < -0.39 is 0 Å². The lowest BCUT2D eigenvalue weighted by molar-refractivity contribution is 0.203. The van der Waals surface area contributed by atoms with Crippen LogP contribution in [-0.2, 0) is 6.42 Å². The van der Waals surface area contributed by atoms with Gasteiger partial charge in [0.25, 0.3) is 0 Å². The summed E-state index contributed by atoms with van der Waals surface area (Å²) < 4.78 is 8.59. The highest BCUT2D eigenvalue weighted by Crippen LogP contribution is 2.36. The molecular weight excluding hydrogens is 348 g/mol. The molecule has 2 aromatic heterocycles. The van der Waals surface area contributed by atoms with Crippen molar-refractivity contribution < 1.29 is 4.74 Å². The molecule has 5 nitrogen and oxygen atoms in total. The van der Waals surface area contributed by atoms with E-state index in [1.807, 2.05) is 25.1 Å². The zero-order chi connectivity index (χ0) is 18.1. The number of hydrogen-bond acceptors (Lipinski definition) is 4. The van der Waals surface area contributed by atoms with Crippen molar-refractivity contribution >= 4 is 22.6 Å². The molecule has 0 spiro atoms. The number of rotatable bonds is 5. The molecule has 1 saturated carbocycles. The Morgan fingerprint density at radius 2 is 2.15 bits per heavy atom. The molecule has 1 fully saturated rings. The number of fused-ring (bicyclic) bond motifs is 1. The predicted octanol–water partition coefficient (Wildman–Crippen LogP) is 4.07. The lowest BCUT2D eigenvalue weighted by Gasteiger charge is -2.18. The maximum atomic E-state index is 6.32. The molecule has 0 saturated heterocycles. The van der Waals surface area contributed by atoms with Crippen molar-refractivity contribution in [2.75, 3.05) is 6.54 Å². The normalized spacial score (nSPS) is 20.0. The van der Waals surface area contributed by atoms with Crippen molar-refractivity contribution in [2.45, 2.75) is 44.8 Å². The van der Waals surface area contributed by atoms with Crippen molar-refractivity contribution in [1.82, 2.24) is 14.5 Å². The first-order chi connectivity index (χ1) is 12.7. The van der Waals surface area contributed by atoms with Crippen molar-refractivity contribution in [2.24, 2.45) is 5.73 Å². The molecule has 6 heteroatoms. The lowest BCUT2D eigenvalue weighted by atomic mass is 10.1. The average molecular weight is 371 g/mol. The van der Waals surface area contributed by atoms with E-state index in [0.29, 0.717) is 12.6 Å². The number of nitrogens with two attached hydrogens (primary N) is 1. The first-order valence-electron chi connectivity index (χ1n) is 9.09. The van der Waals surface area contributed by atoms with E-state index in [-0.39, 0.29) is 6.10 Å². The third-order valence-electron chi connectivity index (χ3n) is 5.19. The van der Waals surface area contributed by atoms with Crippen LogP contribution in [0, 0.1) is 6.92 Å². The maximum Gasteiger partial charge on any atom is 0.143 e. The van der Waals surface area contributed by atoms with Crippen molar-refractivity contribution in [3.8, 4) is 5.75 Å². The quantitative estimate of drug-likeness (QED) is 0.735. The molecule has 2 atom stereocenters. The van der Waals surface area contributed by atoms with Gasteiger partial charge in [-0.25, -0.2) is 9.97 Å². The van der Waals surface area contributed by atoms with Crippen LogP contribution in [0.15, 0.2) is 36.8 Å². The van der Waals surface area contributed by atoms with E-state index in [2.05, 4.69) is 26.8 Å². The van der Waals surface area contributed by atoms with Gasteiger partial charge in [-0.1, -0.05) is 11.6 Å². The molecule has 1 aliphatic rings. The van der Waals surface area contributed by atoms with Gasteiger partial charge in [0.2, 0.25) is 0 Å². The van der Waals surface area contributed by atoms with Crippen LogP contribution < -0.4 is 10.5 Å². The summed E-state index contributed by atoms with van der Waals surface area (Å²) in [5, 5.41) is 1.85. The number of ether oxygens (including phenoxy) is 1. The van der Waals surface area contributed by atoms with Gasteiger partial charge in [-0.15, -0.1) is 0 Å². The number of aromatic nitrogens is 3. The summed E-state index contributed by atoms with van der Waals surface area (Å²) in [4.78, 5) is 8.77. The van der Waals surface area contributed by atoms with E-state index in [1.54, 1.807) is 6.33 Å². The van der Waals surface area contributed by atoms with Crippen LogP contribution in [0.1, 0.15) is 36.6 Å². The number of halogens is 1. The fraction of sp³-hybridized carbons (Fsp3) is 0.400. The Labute approximate surface area is 158 Å². The van der Waals surface area contributed by atoms with Gasteiger partial charge in [-0.05, 0) is 62.6 Å². The molecule has 0 aliphatic heterocycles. The van der Waals surface area contributed by atoms with Crippen LogP contribution >= 0.6 is 11.6 Å². The highest BCUT2D eigenvalue weighted by molar-refractivity contribution is 6.30. The number of benzene rings is 1. The molecule has 0 radical (unpaired) electrons. The average Bonchev–Trinajstić information content (AvgIpc) is 3.25. The van der Waals surface area contributed by atoms with E-state index >= 15 is 0 Å². The Kier molecular flexibility index (Phi) is 4.83. The summed E-state index contributed by atoms with van der Waals surface area (Å²) in [6.07, 6.45) is 7.81. The molecule has 2 unspecified atom stereocenters. The molecule has 0 amide bonds. The second-order valence-corrected chi connectivity index (χ2v) is 7.35. The number of hydrogen-bond donors (Lipinski definition) is 1. The first-order valence-corrected chi connectivity index (χ1v) is 9.47. The third-order valence-corrected chi connectivity index (χ3v) is 5.42. The highest BCUT2D eigenvalue weighted by Gasteiger charge is 2.29. The van der Waals surface area contributed by atoms with E-state index in [0.717, 1.165) is 58.7 Å². The minimum absolute atomic E-state index is 0.193. The van der Waals surface area contributed by atoms with Crippen molar-refractivity contribution in [3.63, 3.8) is 0 Å². The van der Waals surface area contributed by atoms with Crippen molar-refractivity contribution in [3.05, 3.63) is 53.1 Å². The van der Waals surface area contributed by atoms with Crippen LogP contribution in [0.5, 0.6) is 5.75 Å². The molecule has 2 N–H and O–H groups in total. The zero-order valence-corrected chi connectivity index (χ0v) is 15.6. The first kappa shape index (κ1) is 17.3. The van der Waals surface area contributed by atoms with Gasteiger partial charge in [0, 0.05) is 29.1 Å². The largest absolute Gasteiger partial charge is 0.490 e. The predicted molar refractivity (Wildman–Crippen MR) is 104 cm³/mol. The maximum absolute atomic E-state index is 6.32. The van der Waals surface area contributed by atoms with Gasteiger partial charge in [0.05, 0.1) is 5.69 Å². The summed E-state index contributed by atoms with van der Waals surface area (Å²) in [6.45, 7) is 2.60. The summed E-state index contributed by atoms with van der Waals surface area (Å²) in [7, 11) is 0. The second kappa shape index (κ2) is 7.25. The van der Waals surface area contributed by atoms with Crippen LogP contribution in [0.25, 0.3) is 11.0 Å². The van der Waals surface area contributed by atoms with Gasteiger partial charge in [-0.3, -0.25) is 0 Å². The topological polar surface area (TPSA) is 66.0 Å². The van der Waals surface area contributed by atoms with Crippen LogP contribution in [0.3, 0.4) is 0 Å². The van der Waals surface area contributed by atoms with Gasteiger partial charge >= 0.3 is 0 Å². The molecule has 0 bridgehead atoms. The Balaban J connectivity index is 1.51. The lowest BCUT2D eigenvalue weighted by Crippen LogP contribution is -2.15. The monoisotopic (exact) mass is 370 g/mol. The van der Waals surface area contributed by atoms with Crippen LogP contribution in [-0.4, -0.2) is 27.2 Å². The molecule has 2 heterocycles. The summed E-state index contributed by atoms with van der Waals surface area (Å²) >= 11 is 6.12. The minimum Gasteiger partial charge on any atom is -0.490 e. The van der Waals surface area contributed by atoms with E-state index in [4.69, 9.17) is 22.1 Å². The smallest absolute Gasteiger partial charge is 0.143 e. The zero-order valence-electron chi connectivity index (χ0n) is 14.9. The van der Waals surface area contributed by atoms with Crippen LogP contribution in [0.4, 0.5) is 0 Å². The standard InChI is InChI=1S/C20H23ClN4O/c1-13-18-7-9-25(20(18)24-12-23-13)16-3-4-17(11-16)26-19-5-2-15(21)10-14(19)6-8-22/h2,5,7,9-10,12,16-17H,3-4,6,8,11,22H2,1H3. The number of nitrogens with zero attached hydrogens (tertiary/aromatic N) is 3. The van der Waals surface area contributed by atoms with Crippen molar-refractivity contribution in [1.29, 1.82) is 0 Å². The van der Waals surface area contributed by atoms with Gasteiger partial charge < -0.3 is 15.0 Å². The Morgan fingerprint density at radius 3 is 3.00 bits per heavy atom. The molecule has 1 aromatic carbocycles. The van der Waals surface area contributed by atoms with E-state index in [9.17, 15) is 0 Å². The summed E-state index contributed by atoms with van der Waals surface area (Å²) in [6, 6.07) is 8.30. The van der Waals surface area contributed by atoms with Gasteiger partial charge in [0.15, 0.2) is 0 Å². The SMILES string of the molecule is Cc1ncnc2c1ccn2C1CCC(Oc2ccc(Cl)cc2CCN)C1. The molecule has 3 aromatic rings. The Bertz CT molecular complexity index is 923. The minimum atomic E-state index is 0.193. The molecule has 136 valence electrons. The Morgan fingerprint density at radius 1 is 1.27 bits per heavy atom.